The lowest BCUT2D eigenvalue weighted by molar-refractivity contribution is -0.917. The second-order valence-electron chi connectivity index (χ2n) is 7.27. The van der Waals surface area contributed by atoms with E-state index in [9.17, 15) is 10.1 Å². The number of nitrogens with zero attached hydrogens (tertiary/aromatic N) is 1. The van der Waals surface area contributed by atoms with Crippen LogP contribution in [-0.4, -0.2) is 31.1 Å². The van der Waals surface area contributed by atoms with Crippen molar-refractivity contribution in [1.82, 2.24) is 5.32 Å². The molecular weight excluding hydrogens is 302 g/mol. The molecule has 0 aliphatic heterocycles. The van der Waals surface area contributed by atoms with Crippen LogP contribution in [0.15, 0.2) is 24.3 Å². The number of benzene rings is 1. The van der Waals surface area contributed by atoms with Crippen LogP contribution in [0.5, 0.6) is 5.75 Å². The first-order chi connectivity index (χ1) is 11.5. The third-order valence-corrected chi connectivity index (χ3v) is 5.16. The summed E-state index contributed by atoms with van der Waals surface area (Å²) in [5.74, 6) is 1.15. The van der Waals surface area contributed by atoms with Crippen molar-refractivity contribution >= 4 is 5.91 Å². The zero-order valence-corrected chi connectivity index (χ0v) is 14.5. The standard InChI is InChI=1S/C19H25N3O2/c1-19(13-20,15-5-6-15)21-18(23)12-22(16-7-8-16)11-14-3-9-17(24-2)10-4-14/h3-4,9-10,15-16H,5-8,11-12H2,1-2H3,(H,21,23)/p+1/t19-/m0/s1. The lowest BCUT2D eigenvalue weighted by atomic mass is 9.98. The minimum absolute atomic E-state index is 0.0126. The van der Waals surface area contributed by atoms with E-state index < -0.39 is 5.54 Å². The number of amides is 1. The highest BCUT2D eigenvalue weighted by Crippen LogP contribution is 2.39. The first-order valence-corrected chi connectivity index (χ1v) is 8.74. The number of nitrogens with one attached hydrogen (secondary N) is 2. The van der Waals surface area contributed by atoms with Crippen molar-refractivity contribution in [2.45, 2.75) is 50.7 Å². The molecule has 3 rings (SSSR count). The van der Waals surface area contributed by atoms with Crippen molar-refractivity contribution in [3.05, 3.63) is 29.8 Å². The Morgan fingerprint density at radius 2 is 2.00 bits per heavy atom. The lowest BCUT2D eigenvalue weighted by Gasteiger charge is -2.25. The van der Waals surface area contributed by atoms with Crippen molar-refractivity contribution in [2.75, 3.05) is 13.7 Å². The molecule has 1 aromatic rings. The Morgan fingerprint density at radius 3 is 2.50 bits per heavy atom. The predicted octanol–water partition coefficient (Wildman–Crippen LogP) is 1.05. The van der Waals surface area contributed by atoms with Gasteiger partial charge in [0.1, 0.15) is 17.8 Å². The van der Waals surface area contributed by atoms with E-state index in [2.05, 4.69) is 23.5 Å². The van der Waals surface area contributed by atoms with E-state index in [1.807, 2.05) is 19.1 Å². The molecule has 2 atom stereocenters. The van der Waals surface area contributed by atoms with Gasteiger partial charge in [0.2, 0.25) is 0 Å². The van der Waals surface area contributed by atoms with Gasteiger partial charge in [-0.1, -0.05) is 0 Å². The maximum absolute atomic E-state index is 12.5. The van der Waals surface area contributed by atoms with Crippen LogP contribution in [0.1, 0.15) is 38.2 Å². The maximum atomic E-state index is 12.5. The number of hydrogen-bond donors (Lipinski definition) is 2. The molecule has 0 aromatic heterocycles. The zero-order chi connectivity index (χ0) is 17.2. The molecule has 0 saturated heterocycles. The molecule has 0 spiro atoms. The lowest BCUT2D eigenvalue weighted by Crippen LogP contribution is -3.13. The van der Waals surface area contributed by atoms with E-state index in [0.717, 1.165) is 25.1 Å². The average molecular weight is 328 g/mol. The Labute approximate surface area is 143 Å². The highest BCUT2D eigenvalue weighted by Gasteiger charge is 2.44. The molecule has 0 radical (unpaired) electrons. The Hall–Kier alpha value is -2.06. The van der Waals surface area contributed by atoms with E-state index in [0.29, 0.717) is 18.5 Å². The van der Waals surface area contributed by atoms with Crippen LogP contribution < -0.4 is 15.0 Å². The second kappa shape index (κ2) is 6.82. The van der Waals surface area contributed by atoms with Gasteiger partial charge in [0.15, 0.2) is 6.54 Å². The van der Waals surface area contributed by atoms with Crippen molar-refractivity contribution in [3.63, 3.8) is 0 Å². The number of carbonyl (C=O) groups excluding carboxylic acids is 1. The number of hydrogen-bond acceptors (Lipinski definition) is 3. The number of ether oxygens (including phenoxy) is 1. The van der Waals surface area contributed by atoms with Crippen LogP contribution in [0.3, 0.4) is 0 Å². The van der Waals surface area contributed by atoms with Gasteiger partial charge >= 0.3 is 0 Å². The Kier molecular flexibility index (Phi) is 4.77. The quantitative estimate of drug-likeness (QED) is 0.750. The Balaban J connectivity index is 1.59. The van der Waals surface area contributed by atoms with Gasteiger partial charge in [-0.3, -0.25) is 4.79 Å². The number of methoxy groups -OCH3 is 1. The molecule has 0 heterocycles. The number of carbonyl (C=O) groups is 1. The maximum Gasteiger partial charge on any atom is 0.276 e. The highest BCUT2D eigenvalue weighted by molar-refractivity contribution is 5.78. The molecule has 1 unspecified atom stereocenters. The Bertz CT molecular complexity index is 629. The summed E-state index contributed by atoms with van der Waals surface area (Å²) in [6.45, 7) is 3.11. The summed E-state index contributed by atoms with van der Waals surface area (Å²) < 4.78 is 5.19. The van der Waals surface area contributed by atoms with Gasteiger partial charge in [0, 0.05) is 18.4 Å². The van der Waals surface area contributed by atoms with Crippen molar-refractivity contribution in [3.8, 4) is 11.8 Å². The summed E-state index contributed by atoms with van der Waals surface area (Å²) in [7, 11) is 1.66. The topological polar surface area (TPSA) is 66.6 Å². The molecule has 1 amide bonds. The fraction of sp³-hybridized carbons (Fsp3) is 0.579. The molecule has 0 bridgehead atoms. The van der Waals surface area contributed by atoms with Gasteiger partial charge in [-0.25, -0.2) is 0 Å². The smallest absolute Gasteiger partial charge is 0.276 e. The van der Waals surface area contributed by atoms with E-state index >= 15 is 0 Å². The minimum atomic E-state index is -0.703. The van der Waals surface area contributed by atoms with Gasteiger partial charge in [0.25, 0.3) is 5.91 Å². The van der Waals surface area contributed by atoms with Crippen molar-refractivity contribution < 1.29 is 14.4 Å². The van der Waals surface area contributed by atoms with E-state index in [4.69, 9.17) is 4.74 Å². The highest BCUT2D eigenvalue weighted by atomic mass is 16.5. The van der Waals surface area contributed by atoms with Gasteiger partial charge in [-0.15, -0.1) is 0 Å². The molecule has 2 saturated carbocycles. The van der Waals surface area contributed by atoms with Crippen LogP contribution in [0.25, 0.3) is 0 Å². The summed E-state index contributed by atoms with van der Waals surface area (Å²) >= 11 is 0. The van der Waals surface area contributed by atoms with Crippen molar-refractivity contribution in [2.24, 2.45) is 5.92 Å². The summed E-state index contributed by atoms with van der Waals surface area (Å²) in [5, 5.41) is 12.4. The number of nitriles is 1. The molecule has 2 fully saturated rings. The molecule has 2 aliphatic carbocycles. The molecule has 24 heavy (non-hydrogen) atoms. The van der Waals surface area contributed by atoms with Gasteiger partial charge < -0.3 is 15.0 Å². The molecule has 2 aliphatic rings. The summed E-state index contributed by atoms with van der Waals surface area (Å²) in [6, 6.07) is 10.9. The second-order valence-corrected chi connectivity index (χ2v) is 7.27. The fourth-order valence-corrected chi connectivity index (χ4v) is 3.27. The van der Waals surface area contributed by atoms with Crippen molar-refractivity contribution in [1.29, 1.82) is 5.26 Å². The van der Waals surface area contributed by atoms with Gasteiger partial charge in [-0.05, 0) is 49.9 Å². The summed E-state index contributed by atoms with van der Waals surface area (Å²) in [5.41, 5.74) is 0.502. The van der Waals surface area contributed by atoms with Gasteiger partial charge in [-0.2, -0.15) is 5.26 Å². The van der Waals surface area contributed by atoms with Crippen LogP contribution >= 0.6 is 0 Å². The molecule has 5 nitrogen and oxygen atoms in total. The SMILES string of the molecule is COc1ccc(C[NH+](CC(=O)N[C@@](C)(C#N)C2CC2)C2CC2)cc1. The summed E-state index contributed by atoms with van der Waals surface area (Å²) in [4.78, 5) is 13.8. The molecule has 2 N–H and O–H groups in total. The minimum Gasteiger partial charge on any atom is -0.497 e. The van der Waals surface area contributed by atoms with Crippen LogP contribution in [0.2, 0.25) is 0 Å². The fourth-order valence-electron chi connectivity index (χ4n) is 3.27. The molecule has 1 aromatic carbocycles. The largest absolute Gasteiger partial charge is 0.497 e. The molecule has 128 valence electrons. The van der Waals surface area contributed by atoms with E-state index in [-0.39, 0.29) is 5.91 Å². The van der Waals surface area contributed by atoms with Crippen LogP contribution in [-0.2, 0) is 11.3 Å². The summed E-state index contributed by atoms with van der Waals surface area (Å²) in [6.07, 6.45) is 4.43. The average Bonchev–Trinajstić information content (AvgIpc) is 3.46. The normalized spacial score (nSPS) is 20.5. The van der Waals surface area contributed by atoms with Crippen LogP contribution in [0, 0.1) is 17.2 Å². The molecular formula is C19H26N3O2+. The number of rotatable bonds is 8. The third-order valence-electron chi connectivity index (χ3n) is 5.16. The van der Waals surface area contributed by atoms with Crippen LogP contribution in [0.4, 0.5) is 0 Å². The van der Waals surface area contributed by atoms with E-state index in [1.54, 1.807) is 7.11 Å². The predicted molar refractivity (Wildman–Crippen MR) is 90.4 cm³/mol. The first kappa shape index (κ1) is 16.8. The monoisotopic (exact) mass is 328 g/mol. The number of quaternary nitrogens is 1. The van der Waals surface area contributed by atoms with E-state index in [1.165, 1.54) is 23.3 Å². The third kappa shape index (κ3) is 4.07. The van der Waals surface area contributed by atoms with Gasteiger partial charge in [0.05, 0.1) is 19.2 Å². The Morgan fingerprint density at radius 1 is 1.33 bits per heavy atom. The zero-order valence-electron chi connectivity index (χ0n) is 14.5. The molecule has 5 heteroatoms. The first-order valence-electron chi connectivity index (χ1n) is 8.74.